The van der Waals surface area contributed by atoms with E-state index in [1.807, 2.05) is 20.8 Å². The largest absolute Gasteiger partial charge is 0.444 e. The highest BCUT2D eigenvalue weighted by molar-refractivity contribution is 5.85. The van der Waals surface area contributed by atoms with Crippen LogP contribution in [0.3, 0.4) is 0 Å². The fourth-order valence-corrected chi connectivity index (χ4v) is 2.36. The zero-order valence-corrected chi connectivity index (χ0v) is 10.2. The molecule has 2 rings (SSSR count). The summed E-state index contributed by atoms with van der Waals surface area (Å²) >= 11 is 0. The van der Waals surface area contributed by atoms with Crippen molar-refractivity contribution in [2.45, 2.75) is 51.7 Å². The number of ether oxygens (including phenoxy) is 1. The van der Waals surface area contributed by atoms with Crippen LogP contribution in [0.1, 0.15) is 40.0 Å². The predicted molar refractivity (Wildman–Crippen MR) is 59.1 cm³/mol. The van der Waals surface area contributed by atoms with Gasteiger partial charge in [0, 0.05) is 24.9 Å². The van der Waals surface area contributed by atoms with Gasteiger partial charge in [-0.25, -0.2) is 4.79 Å². The van der Waals surface area contributed by atoms with Crippen LogP contribution in [0.4, 0.5) is 4.79 Å². The Morgan fingerprint density at radius 1 is 1.38 bits per heavy atom. The molecule has 2 atom stereocenters. The van der Waals surface area contributed by atoms with Crippen molar-refractivity contribution in [3.8, 4) is 0 Å². The van der Waals surface area contributed by atoms with Gasteiger partial charge in [-0.1, -0.05) is 0 Å². The van der Waals surface area contributed by atoms with Gasteiger partial charge < -0.3 is 9.64 Å². The predicted octanol–water partition coefficient (Wildman–Crippen LogP) is 1.97. The Morgan fingerprint density at radius 2 is 2.06 bits per heavy atom. The first-order chi connectivity index (χ1) is 7.38. The lowest BCUT2D eigenvalue weighted by molar-refractivity contribution is -0.133. The van der Waals surface area contributed by atoms with E-state index in [1.54, 1.807) is 4.90 Å². The van der Waals surface area contributed by atoms with Crippen LogP contribution in [0.15, 0.2) is 0 Å². The second kappa shape index (κ2) is 3.75. The maximum atomic E-state index is 11.9. The SMILES string of the molecule is CC(C)(C)OC(=O)N1CCC(=O)[C@@H]2CC[C@H]21. The van der Waals surface area contributed by atoms with E-state index in [-0.39, 0.29) is 18.1 Å². The summed E-state index contributed by atoms with van der Waals surface area (Å²) in [6, 6.07) is 0.107. The molecule has 0 unspecified atom stereocenters. The van der Waals surface area contributed by atoms with Gasteiger partial charge in [-0.15, -0.1) is 0 Å². The van der Waals surface area contributed by atoms with Gasteiger partial charge >= 0.3 is 6.09 Å². The maximum Gasteiger partial charge on any atom is 0.410 e. The van der Waals surface area contributed by atoms with Crippen molar-refractivity contribution >= 4 is 11.9 Å². The van der Waals surface area contributed by atoms with Crippen LogP contribution in [-0.4, -0.2) is 35.0 Å². The average molecular weight is 225 g/mol. The normalized spacial score (nSPS) is 29.4. The smallest absolute Gasteiger partial charge is 0.410 e. The van der Waals surface area contributed by atoms with Crippen LogP contribution in [0.2, 0.25) is 0 Å². The number of piperidine rings is 1. The van der Waals surface area contributed by atoms with Crippen molar-refractivity contribution in [3.63, 3.8) is 0 Å². The molecule has 1 amide bonds. The number of carbonyl (C=O) groups excluding carboxylic acids is 2. The second-order valence-electron chi connectivity index (χ2n) is 5.64. The minimum Gasteiger partial charge on any atom is -0.444 e. The Kier molecular flexibility index (Phi) is 2.68. The molecule has 1 heterocycles. The standard InChI is InChI=1S/C12H19NO3/c1-12(2,3)16-11(15)13-7-6-10(14)8-4-5-9(8)13/h8-9H,4-7H2,1-3H3/t8-,9-/m1/s1. The van der Waals surface area contributed by atoms with E-state index in [0.29, 0.717) is 18.7 Å². The Morgan fingerprint density at radius 3 is 2.56 bits per heavy atom. The van der Waals surface area contributed by atoms with Crippen LogP contribution in [-0.2, 0) is 9.53 Å². The molecule has 1 saturated heterocycles. The second-order valence-corrected chi connectivity index (χ2v) is 5.64. The quantitative estimate of drug-likeness (QED) is 0.633. The highest BCUT2D eigenvalue weighted by atomic mass is 16.6. The van der Waals surface area contributed by atoms with Gasteiger partial charge in [0.05, 0.1) is 0 Å². The first-order valence-electron chi connectivity index (χ1n) is 5.91. The van der Waals surface area contributed by atoms with Crippen molar-refractivity contribution in [1.29, 1.82) is 0 Å². The molecule has 2 fully saturated rings. The van der Waals surface area contributed by atoms with E-state index in [2.05, 4.69) is 0 Å². The summed E-state index contributed by atoms with van der Waals surface area (Å²) in [6.07, 6.45) is 2.09. The highest BCUT2D eigenvalue weighted by Crippen LogP contribution is 2.37. The van der Waals surface area contributed by atoms with Gasteiger partial charge in [0.1, 0.15) is 11.4 Å². The van der Waals surface area contributed by atoms with Gasteiger partial charge in [-0.2, -0.15) is 0 Å². The van der Waals surface area contributed by atoms with Crippen molar-refractivity contribution in [1.82, 2.24) is 4.90 Å². The molecule has 0 bridgehead atoms. The molecular formula is C12H19NO3. The molecule has 0 radical (unpaired) electrons. The minimum absolute atomic E-state index is 0.0845. The maximum absolute atomic E-state index is 11.9. The van der Waals surface area contributed by atoms with Crippen LogP contribution in [0.25, 0.3) is 0 Å². The van der Waals surface area contributed by atoms with Crippen LogP contribution in [0, 0.1) is 5.92 Å². The molecule has 0 aromatic carbocycles. The monoisotopic (exact) mass is 225 g/mol. The molecule has 0 spiro atoms. The lowest BCUT2D eigenvalue weighted by Crippen LogP contribution is -2.57. The summed E-state index contributed by atoms with van der Waals surface area (Å²) in [5.41, 5.74) is -0.461. The topological polar surface area (TPSA) is 46.6 Å². The van der Waals surface area contributed by atoms with Crippen molar-refractivity contribution in [3.05, 3.63) is 0 Å². The van der Waals surface area contributed by atoms with E-state index < -0.39 is 5.60 Å². The molecule has 2 aliphatic rings. The molecule has 90 valence electrons. The van der Waals surface area contributed by atoms with Crippen molar-refractivity contribution < 1.29 is 14.3 Å². The van der Waals surface area contributed by atoms with E-state index in [4.69, 9.17) is 4.74 Å². The summed E-state index contributed by atoms with van der Waals surface area (Å²) in [5.74, 6) is 0.400. The number of Topliss-reactive ketones (excluding diaryl/α,β-unsaturated/α-hetero) is 1. The summed E-state index contributed by atoms with van der Waals surface area (Å²) in [6.45, 7) is 6.10. The highest BCUT2D eigenvalue weighted by Gasteiger charge is 2.46. The molecule has 1 saturated carbocycles. The third kappa shape index (κ3) is 2.06. The van der Waals surface area contributed by atoms with Crippen molar-refractivity contribution in [2.24, 2.45) is 5.92 Å². The first kappa shape index (κ1) is 11.4. The summed E-state index contributed by atoms with van der Waals surface area (Å²) in [7, 11) is 0. The minimum atomic E-state index is -0.461. The van der Waals surface area contributed by atoms with Gasteiger partial charge in [0.25, 0.3) is 0 Å². The molecule has 1 aliphatic carbocycles. The lowest BCUT2D eigenvalue weighted by atomic mass is 9.72. The zero-order valence-electron chi connectivity index (χ0n) is 10.2. The number of amides is 1. The summed E-state index contributed by atoms with van der Waals surface area (Å²) in [5, 5.41) is 0. The summed E-state index contributed by atoms with van der Waals surface area (Å²) in [4.78, 5) is 25.2. The Labute approximate surface area is 95.9 Å². The van der Waals surface area contributed by atoms with E-state index in [9.17, 15) is 9.59 Å². The van der Waals surface area contributed by atoms with Crippen LogP contribution in [0.5, 0.6) is 0 Å². The first-order valence-corrected chi connectivity index (χ1v) is 5.91. The number of rotatable bonds is 0. The third-order valence-corrected chi connectivity index (χ3v) is 3.28. The fourth-order valence-electron chi connectivity index (χ4n) is 2.36. The molecule has 0 N–H and O–H groups in total. The summed E-state index contributed by atoms with van der Waals surface area (Å²) < 4.78 is 5.34. The number of ketones is 1. The molecule has 0 aromatic heterocycles. The number of nitrogens with zero attached hydrogens (tertiary/aromatic N) is 1. The van der Waals surface area contributed by atoms with Crippen molar-refractivity contribution in [2.75, 3.05) is 6.54 Å². The number of carbonyl (C=O) groups is 2. The molecule has 4 heteroatoms. The van der Waals surface area contributed by atoms with E-state index in [0.717, 1.165) is 12.8 Å². The molecule has 0 aromatic rings. The third-order valence-electron chi connectivity index (χ3n) is 3.28. The number of likely N-dealkylation sites (tertiary alicyclic amines) is 1. The van der Waals surface area contributed by atoms with E-state index >= 15 is 0 Å². The fraction of sp³-hybridized carbons (Fsp3) is 0.833. The Bertz CT molecular complexity index is 319. The Hall–Kier alpha value is -1.06. The van der Waals surface area contributed by atoms with E-state index in [1.165, 1.54) is 0 Å². The molecule has 16 heavy (non-hydrogen) atoms. The number of fused-ring (bicyclic) bond motifs is 1. The molecular weight excluding hydrogens is 206 g/mol. The van der Waals surface area contributed by atoms with Crippen LogP contribution < -0.4 is 0 Å². The van der Waals surface area contributed by atoms with Gasteiger partial charge in [-0.05, 0) is 33.6 Å². The van der Waals surface area contributed by atoms with Gasteiger partial charge in [0.2, 0.25) is 0 Å². The number of hydrogen-bond donors (Lipinski definition) is 0. The van der Waals surface area contributed by atoms with Crippen LogP contribution >= 0.6 is 0 Å². The lowest BCUT2D eigenvalue weighted by Gasteiger charge is -2.47. The zero-order chi connectivity index (χ0) is 11.9. The Balaban J connectivity index is 2.00. The molecule has 1 aliphatic heterocycles. The van der Waals surface area contributed by atoms with Gasteiger partial charge in [0.15, 0.2) is 0 Å². The molecule has 4 nitrogen and oxygen atoms in total. The van der Waals surface area contributed by atoms with Gasteiger partial charge in [-0.3, -0.25) is 4.79 Å². The number of hydrogen-bond acceptors (Lipinski definition) is 3. The average Bonchev–Trinajstić information content (AvgIpc) is 2.04.